The van der Waals surface area contributed by atoms with Crippen molar-refractivity contribution in [3.05, 3.63) is 38.4 Å². The van der Waals surface area contributed by atoms with Crippen molar-refractivity contribution < 1.29 is 9.85 Å². The van der Waals surface area contributed by atoms with Crippen LogP contribution in [0.5, 0.6) is 0 Å². The lowest BCUT2D eigenvalue weighted by Gasteiger charge is -2.11. The van der Waals surface area contributed by atoms with Crippen molar-refractivity contribution in [2.24, 2.45) is 0 Å². The Morgan fingerprint density at radius 3 is 2.43 bits per heavy atom. The van der Waals surface area contributed by atoms with E-state index >= 15 is 0 Å². The van der Waals surface area contributed by atoms with Crippen LogP contribution < -0.4 is 0 Å². The molecule has 0 bridgehead atoms. The molecule has 0 amide bonds. The molecule has 1 aromatic rings. The Bertz CT molecular complexity index is 508. The summed E-state index contributed by atoms with van der Waals surface area (Å²) in [5, 5.41) is 22.0. The van der Waals surface area contributed by atoms with Gasteiger partial charge in [0.15, 0.2) is 0 Å². The van der Waals surface area contributed by atoms with Gasteiger partial charge >= 0.3 is 0 Å². The van der Waals surface area contributed by atoms with Crippen molar-refractivity contribution in [3.8, 4) is 0 Å². The van der Waals surface area contributed by atoms with E-state index in [2.05, 4.69) is 6.92 Å². The third kappa shape index (κ3) is 5.71. The van der Waals surface area contributed by atoms with Crippen molar-refractivity contribution in [2.45, 2.75) is 56.1 Å². The fourth-order valence-electron chi connectivity index (χ4n) is 2.00. The molecule has 0 aliphatic heterocycles. The largest absolute Gasteiger partial charge is 0.289 e. The van der Waals surface area contributed by atoms with Crippen LogP contribution in [0.15, 0.2) is 23.1 Å². The van der Waals surface area contributed by atoms with E-state index < -0.39 is 9.85 Å². The van der Waals surface area contributed by atoms with Crippen molar-refractivity contribution in [3.63, 3.8) is 0 Å². The lowest BCUT2D eigenvalue weighted by molar-refractivity contribution is -0.396. The maximum atomic E-state index is 11.0. The first-order valence-corrected chi connectivity index (χ1v) is 7.93. The SMILES string of the molecule is CCCCCC[C@@H](C)Sc1ccc([N+](=O)[O-])cc1[N+](=O)[O-]. The standard InChI is InChI=1S/C14H20N2O4S/c1-3-4-5-6-7-11(2)21-14-9-8-12(15(17)18)10-13(14)16(19)20/h8-11H,3-7H2,1-2H3/t11-/m1/s1. The Hall–Kier alpha value is -1.63. The smallest absolute Gasteiger partial charge is 0.258 e. The lowest BCUT2D eigenvalue weighted by Crippen LogP contribution is -1.99. The minimum Gasteiger partial charge on any atom is -0.258 e. The van der Waals surface area contributed by atoms with Gasteiger partial charge in [0.2, 0.25) is 0 Å². The van der Waals surface area contributed by atoms with E-state index in [4.69, 9.17) is 0 Å². The molecule has 0 N–H and O–H groups in total. The summed E-state index contributed by atoms with van der Waals surface area (Å²) in [5.74, 6) is 0. The van der Waals surface area contributed by atoms with E-state index in [1.54, 1.807) is 0 Å². The first-order valence-electron chi connectivity index (χ1n) is 7.05. The van der Waals surface area contributed by atoms with Crippen molar-refractivity contribution in [1.82, 2.24) is 0 Å². The normalized spacial score (nSPS) is 12.1. The van der Waals surface area contributed by atoms with Crippen molar-refractivity contribution in [1.29, 1.82) is 0 Å². The Morgan fingerprint density at radius 1 is 1.14 bits per heavy atom. The molecule has 0 aromatic heterocycles. The highest BCUT2D eigenvalue weighted by atomic mass is 32.2. The van der Waals surface area contributed by atoms with Gasteiger partial charge in [0.05, 0.1) is 20.8 Å². The first kappa shape index (κ1) is 17.4. The summed E-state index contributed by atoms with van der Waals surface area (Å²) in [6.45, 7) is 4.18. The van der Waals surface area contributed by atoms with Crippen LogP contribution in [0.3, 0.4) is 0 Å². The van der Waals surface area contributed by atoms with Gasteiger partial charge in [-0.15, -0.1) is 11.8 Å². The zero-order valence-electron chi connectivity index (χ0n) is 12.3. The average molecular weight is 312 g/mol. The third-order valence-corrected chi connectivity index (χ3v) is 4.38. The molecule has 6 nitrogen and oxygen atoms in total. The number of nitro benzene ring substituents is 2. The monoisotopic (exact) mass is 312 g/mol. The number of non-ortho nitro benzene ring substituents is 1. The van der Waals surface area contributed by atoms with E-state index in [0.717, 1.165) is 18.9 Å². The second-order valence-corrected chi connectivity index (χ2v) is 6.42. The third-order valence-electron chi connectivity index (χ3n) is 3.14. The zero-order chi connectivity index (χ0) is 15.8. The molecular weight excluding hydrogens is 292 g/mol. The Labute approximate surface area is 128 Å². The highest BCUT2D eigenvalue weighted by Crippen LogP contribution is 2.36. The fourth-order valence-corrected chi connectivity index (χ4v) is 3.11. The zero-order valence-corrected chi connectivity index (χ0v) is 13.1. The second-order valence-electron chi connectivity index (χ2n) is 4.94. The molecule has 7 heteroatoms. The van der Waals surface area contributed by atoms with Gasteiger partial charge in [-0.2, -0.15) is 0 Å². The van der Waals surface area contributed by atoms with Gasteiger partial charge in [-0.3, -0.25) is 20.2 Å². The number of nitro groups is 2. The number of hydrogen-bond donors (Lipinski definition) is 0. The molecule has 0 fully saturated rings. The molecule has 21 heavy (non-hydrogen) atoms. The van der Waals surface area contributed by atoms with Gasteiger partial charge < -0.3 is 0 Å². The van der Waals surface area contributed by atoms with Gasteiger partial charge in [0.25, 0.3) is 11.4 Å². The fraction of sp³-hybridized carbons (Fsp3) is 0.571. The van der Waals surface area contributed by atoms with Crippen LogP contribution in [0, 0.1) is 20.2 Å². The Kier molecular flexibility index (Phi) is 7.14. The van der Waals surface area contributed by atoms with Crippen molar-refractivity contribution in [2.75, 3.05) is 0 Å². The predicted molar refractivity (Wildman–Crippen MR) is 83.8 cm³/mol. The van der Waals surface area contributed by atoms with Gasteiger partial charge in [-0.25, -0.2) is 0 Å². The maximum absolute atomic E-state index is 11.0. The first-order chi connectivity index (χ1) is 9.95. The van der Waals surface area contributed by atoms with Gasteiger partial charge in [-0.05, 0) is 12.5 Å². The molecule has 0 spiro atoms. The van der Waals surface area contributed by atoms with E-state index in [-0.39, 0.29) is 16.6 Å². The summed E-state index contributed by atoms with van der Waals surface area (Å²) < 4.78 is 0. The van der Waals surface area contributed by atoms with Crippen LogP contribution in [0.1, 0.15) is 46.0 Å². The summed E-state index contributed by atoms with van der Waals surface area (Å²) in [6.07, 6.45) is 5.63. The molecule has 0 heterocycles. The number of unbranched alkanes of at least 4 members (excludes halogenated alkanes) is 3. The average Bonchev–Trinajstić information content (AvgIpc) is 2.43. The van der Waals surface area contributed by atoms with Gasteiger partial charge in [-0.1, -0.05) is 39.5 Å². The quantitative estimate of drug-likeness (QED) is 0.278. The van der Waals surface area contributed by atoms with E-state index in [1.807, 2.05) is 6.92 Å². The highest BCUT2D eigenvalue weighted by Gasteiger charge is 2.21. The number of benzene rings is 1. The van der Waals surface area contributed by atoms with Crippen LogP contribution in [0.4, 0.5) is 11.4 Å². The summed E-state index contributed by atoms with van der Waals surface area (Å²) >= 11 is 1.41. The van der Waals surface area contributed by atoms with Crippen LogP contribution in [0.2, 0.25) is 0 Å². The van der Waals surface area contributed by atoms with E-state index in [1.165, 1.54) is 43.2 Å². The van der Waals surface area contributed by atoms with E-state index in [9.17, 15) is 20.2 Å². The predicted octanol–water partition coefficient (Wildman–Crippen LogP) is 4.95. The highest BCUT2D eigenvalue weighted by molar-refractivity contribution is 8.00. The molecule has 0 aliphatic carbocycles. The molecule has 0 unspecified atom stereocenters. The van der Waals surface area contributed by atoms with Crippen LogP contribution in [-0.2, 0) is 0 Å². The van der Waals surface area contributed by atoms with Gasteiger partial charge in [0, 0.05) is 11.3 Å². The lowest BCUT2D eigenvalue weighted by atomic mass is 10.1. The molecule has 0 saturated heterocycles. The Morgan fingerprint density at radius 2 is 1.86 bits per heavy atom. The topological polar surface area (TPSA) is 86.3 Å². The van der Waals surface area contributed by atoms with Crippen LogP contribution >= 0.6 is 11.8 Å². The number of rotatable bonds is 9. The molecule has 1 aromatic carbocycles. The number of thioether (sulfide) groups is 1. The van der Waals surface area contributed by atoms with E-state index in [0.29, 0.717) is 4.90 Å². The molecule has 0 saturated carbocycles. The van der Waals surface area contributed by atoms with Crippen molar-refractivity contribution >= 4 is 23.1 Å². The molecule has 1 rings (SSSR count). The van der Waals surface area contributed by atoms with Crippen LogP contribution in [-0.4, -0.2) is 15.1 Å². The second kappa shape index (κ2) is 8.61. The minimum atomic E-state index is -0.615. The molecular formula is C14H20N2O4S. The number of hydrogen-bond acceptors (Lipinski definition) is 5. The van der Waals surface area contributed by atoms with Gasteiger partial charge in [0.1, 0.15) is 0 Å². The number of nitrogens with zero attached hydrogens (tertiary/aromatic N) is 2. The molecule has 1 atom stereocenters. The minimum absolute atomic E-state index is 0.186. The summed E-state index contributed by atoms with van der Waals surface area (Å²) in [5.41, 5.74) is -0.434. The molecule has 0 radical (unpaired) electrons. The molecule has 0 aliphatic rings. The molecule has 116 valence electrons. The summed E-state index contributed by atoms with van der Waals surface area (Å²) in [6, 6.07) is 3.83. The Balaban J connectivity index is 2.73. The maximum Gasteiger partial charge on any atom is 0.289 e. The summed E-state index contributed by atoms with van der Waals surface area (Å²) in [4.78, 5) is 21.1. The van der Waals surface area contributed by atoms with Crippen LogP contribution in [0.25, 0.3) is 0 Å². The summed E-state index contributed by atoms with van der Waals surface area (Å²) in [7, 11) is 0.